The minimum atomic E-state index is -1.10. The summed E-state index contributed by atoms with van der Waals surface area (Å²) in [6.45, 7) is 10.9. The Kier molecular flexibility index (Phi) is 9.47. The first-order chi connectivity index (χ1) is 21.9. The van der Waals surface area contributed by atoms with Crippen LogP contribution in [-0.2, 0) is 24.2 Å². The van der Waals surface area contributed by atoms with Gasteiger partial charge in [-0.2, -0.15) is 9.78 Å². The number of aryl methyl sites for hydroxylation is 1. The third-order valence-electron chi connectivity index (χ3n) is 8.97. The Morgan fingerprint density at radius 3 is 2.69 bits per heavy atom. The van der Waals surface area contributed by atoms with Gasteiger partial charge in [0.25, 0.3) is 0 Å². The van der Waals surface area contributed by atoms with E-state index in [0.29, 0.717) is 30.8 Å². The summed E-state index contributed by atoms with van der Waals surface area (Å²) in [4.78, 5) is 19.2. The first kappa shape index (κ1) is 30.8. The fourth-order valence-electron chi connectivity index (χ4n) is 6.49. The van der Waals surface area contributed by atoms with Crippen molar-refractivity contribution in [3.63, 3.8) is 0 Å². The van der Waals surface area contributed by atoms with E-state index >= 15 is 0 Å². The van der Waals surface area contributed by atoms with E-state index in [0.717, 1.165) is 56.0 Å². The smallest absolute Gasteiger partial charge is 0.342 e. The molecule has 0 aliphatic carbocycles. The normalized spacial score (nSPS) is 17.0. The van der Waals surface area contributed by atoms with Crippen molar-refractivity contribution in [3.8, 4) is 28.7 Å². The van der Waals surface area contributed by atoms with Crippen LogP contribution in [0, 0.1) is 13.8 Å². The van der Waals surface area contributed by atoms with E-state index < -0.39 is 5.97 Å². The average Bonchev–Trinajstić information content (AvgIpc) is 3.36. The number of rotatable bonds is 10. The van der Waals surface area contributed by atoms with E-state index in [9.17, 15) is 9.90 Å². The summed E-state index contributed by atoms with van der Waals surface area (Å²) < 4.78 is 19.7. The Bertz CT molecular complexity index is 1660. The zero-order valence-corrected chi connectivity index (χ0v) is 26.4. The second-order valence-electron chi connectivity index (χ2n) is 11.9. The summed E-state index contributed by atoms with van der Waals surface area (Å²) in [7, 11) is 0. The summed E-state index contributed by atoms with van der Waals surface area (Å²) in [5.41, 5.74) is 7.95. The molecule has 0 saturated carbocycles. The molecule has 0 radical (unpaired) electrons. The van der Waals surface area contributed by atoms with E-state index in [1.807, 2.05) is 37.3 Å². The van der Waals surface area contributed by atoms with Gasteiger partial charge in [0, 0.05) is 31.8 Å². The standard InChI is InChI=1S/C36H42N4O5/c1-4-43-35-31(36(41)42)21-37-40(35)33-13-8-12-32(38-33)30-11-7-9-24(2)34(30)45-23-27-15-14-26-16-18-39(19-17-29(26)25(27)3)22-28-10-5-6-20-44-28/h7-9,11-15,21,28H,4-6,10,16-20,22-23H2,1-3H3,(H,41,42)/t28-/m0/s1. The SMILES string of the molecule is CCOc1c(C(=O)O)cnn1-c1cccc(-c2cccc(C)c2OCc2ccc3c(c2C)CCN(C[C@@H]2CCCCO2)CC3)n1. The van der Waals surface area contributed by atoms with Gasteiger partial charge in [0.15, 0.2) is 5.82 Å². The minimum Gasteiger partial charge on any atom is -0.488 e. The molecule has 4 aromatic rings. The lowest BCUT2D eigenvalue weighted by molar-refractivity contribution is -0.00497. The zero-order valence-electron chi connectivity index (χ0n) is 26.4. The third-order valence-corrected chi connectivity index (χ3v) is 8.97. The molecule has 9 heteroatoms. The number of aromatic carboxylic acids is 1. The first-order valence-electron chi connectivity index (χ1n) is 16.0. The highest BCUT2D eigenvalue weighted by molar-refractivity contribution is 5.90. The monoisotopic (exact) mass is 610 g/mol. The number of ether oxygens (including phenoxy) is 3. The molecule has 1 N–H and O–H groups in total. The topological polar surface area (TPSA) is 98.9 Å². The van der Waals surface area contributed by atoms with Gasteiger partial charge in [-0.1, -0.05) is 30.3 Å². The molecule has 4 heterocycles. The molecule has 0 amide bonds. The van der Waals surface area contributed by atoms with Crippen molar-refractivity contribution in [3.05, 3.63) is 88.1 Å². The highest BCUT2D eigenvalue weighted by Gasteiger charge is 2.23. The van der Waals surface area contributed by atoms with Gasteiger partial charge in [0.2, 0.25) is 5.88 Å². The maximum absolute atomic E-state index is 11.7. The Morgan fingerprint density at radius 1 is 1.04 bits per heavy atom. The number of aromatic nitrogens is 3. The van der Waals surface area contributed by atoms with E-state index in [1.165, 1.54) is 52.4 Å². The lowest BCUT2D eigenvalue weighted by Crippen LogP contribution is -2.37. The van der Waals surface area contributed by atoms with Crippen LogP contribution in [0.1, 0.15) is 64.4 Å². The van der Waals surface area contributed by atoms with Crippen LogP contribution in [0.4, 0.5) is 0 Å². The molecule has 0 bridgehead atoms. The highest BCUT2D eigenvalue weighted by Crippen LogP contribution is 2.34. The summed E-state index contributed by atoms with van der Waals surface area (Å²) in [6.07, 6.45) is 7.39. The summed E-state index contributed by atoms with van der Waals surface area (Å²) in [6, 6.07) is 16.1. The zero-order chi connectivity index (χ0) is 31.3. The number of carboxylic acids is 1. The molecule has 45 heavy (non-hydrogen) atoms. The largest absolute Gasteiger partial charge is 0.488 e. The third kappa shape index (κ3) is 6.74. The molecule has 2 aromatic carbocycles. The number of fused-ring (bicyclic) bond motifs is 1. The summed E-state index contributed by atoms with van der Waals surface area (Å²) in [5, 5.41) is 13.9. The van der Waals surface area contributed by atoms with Gasteiger partial charge in [-0.05, 0) is 98.9 Å². The van der Waals surface area contributed by atoms with Gasteiger partial charge in [0.05, 0.1) is 24.6 Å². The molecular weight excluding hydrogens is 568 g/mol. The molecule has 1 atom stereocenters. The second-order valence-corrected chi connectivity index (χ2v) is 11.9. The molecule has 6 rings (SSSR count). The maximum Gasteiger partial charge on any atom is 0.342 e. The Morgan fingerprint density at radius 2 is 1.89 bits per heavy atom. The number of para-hydroxylation sites is 1. The molecule has 2 aliphatic heterocycles. The van der Waals surface area contributed by atoms with Crippen molar-refractivity contribution < 1.29 is 24.1 Å². The van der Waals surface area contributed by atoms with Gasteiger partial charge in [-0.25, -0.2) is 9.78 Å². The Labute approximate surface area is 264 Å². The number of benzene rings is 2. The first-order valence-corrected chi connectivity index (χ1v) is 16.0. The molecule has 9 nitrogen and oxygen atoms in total. The van der Waals surface area contributed by atoms with Gasteiger partial charge in [-0.3, -0.25) is 0 Å². The van der Waals surface area contributed by atoms with Crippen molar-refractivity contribution in [1.82, 2.24) is 19.7 Å². The van der Waals surface area contributed by atoms with E-state index in [2.05, 4.69) is 29.1 Å². The molecule has 0 spiro atoms. The Hall–Kier alpha value is -4.21. The van der Waals surface area contributed by atoms with Crippen LogP contribution in [0.15, 0.2) is 54.7 Å². The predicted molar refractivity (Wildman–Crippen MR) is 173 cm³/mol. The molecule has 0 unspecified atom stereocenters. The van der Waals surface area contributed by atoms with E-state index in [-0.39, 0.29) is 11.4 Å². The van der Waals surface area contributed by atoms with E-state index in [4.69, 9.17) is 19.2 Å². The number of carboxylic acid groups (broad SMARTS) is 1. The number of hydrogen-bond donors (Lipinski definition) is 1. The van der Waals surface area contributed by atoms with Crippen molar-refractivity contribution in [2.24, 2.45) is 0 Å². The van der Waals surface area contributed by atoms with Crippen LogP contribution >= 0.6 is 0 Å². The fraction of sp³-hybridized carbons (Fsp3) is 0.417. The lowest BCUT2D eigenvalue weighted by Gasteiger charge is -2.29. The Balaban J connectivity index is 1.21. The fourth-order valence-corrected chi connectivity index (χ4v) is 6.49. The van der Waals surface area contributed by atoms with Crippen LogP contribution in [0.3, 0.4) is 0 Å². The predicted octanol–water partition coefficient (Wildman–Crippen LogP) is 6.20. The van der Waals surface area contributed by atoms with Crippen molar-refractivity contribution in [1.29, 1.82) is 0 Å². The van der Waals surface area contributed by atoms with Crippen LogP contribution in [0.5, 0.6) is 11.6 Å². The lowest BCUT2D eigenvalue weighted by atomic mass is 9.94. The molecule has 2 aromatic heterocycles. The molecule has 236 valence electrons. The number of nitrogens with zero attached hydrogens (tertiary/aromatic N) is 4. The van der Waals surface area contributed by atoms with Gasteiger partial charge in [-0.15, -0.1) is 0 Å². The summed E-state index contributed by atoms with van der Waals surface area (Å²) in [5.74, 6) is 0.280. The number of pyridine rings is 1. The van der Waals surface area contributed by atoms with E-state index in [1.54, 1.807) is 13.0 Å². The van der Waals surface area contributed by atoms with Crippen molar-refractivity contribution in [2.45, 2.75) is 65.6 Å². The van der Waals surface area contributed by atoms with Crippen LogP contribution in [0.2, 0.25) is 0 Å². The molecular formula is C36H42N4O5. The molecule has 1 saturated heterocycles. The van der Waals surface area contributed by atoms with Crippen molar-refractivity contribution in [2.75, 3.05) is 32.8 Å². The van der Waals surface area contributed by atoms with Gasteiger partial charge >= 0.3 is 5.97 Å². The molecule has 2 aliphatic rings. The van der Waals surface area contributed by atoms with Gasteiger partial charge in [0.1, 0.15) is 17.9 Å². The van der Waals surface area contributed by atoms with Crippen LogP contribution in [0.25, 0.3) is 17.1 Å². The maximum atomic E-state index is 11.7. The highest BCUT2D eigenvalue weighted by atomic mass is 16.5. The minimum absolute atomic E-state index is 0.00861. The van der Waals surface area contributed by atoms with Crippen LogP contribution in [-0.4, -0.2) is 69.7 Å². The number of carbonyl (C=O) groups is 1. The quantitative estimate of drug-likeness (QED) is 0.227. The number of hydrogen-bond acceptors (Lipinski definition) is 7. The second kappa shape index (κ2) is 13.8. The average molecular weight is 611 g/mol. The molecule has 1 fully saturated rings. The van der Waals surface area contributed by atoms with Gasteiger partial charge < -0.3 is 24.2 Å². The van der Waals surface area contributed by atoms with Crippen molar-refractivity contribution >= 4 is 5.97 Å². The summed E-state index contributed by atoms with van der Waals surface area (Å²) >= 11 is 0. The van der Waals surface area contributed by atoms with Crippen LogP contribution < -0.4 is 9.47 Å².